The minimum Gasteiger partial charge on any atom is -0.370 e. The summed E-state index contributed by atoms with van der Waals surface area (Å²) < 4.78 is 0. The molecule has 0 bridgehead atoms. The highest BCUT2D eigenvalue weighted by molar-refractivity contribution is 5.49. The Bertz CT molecular complexity index is 693. The molecule has 0 spiro atoms. The van der Waals surface area contributed by atoms with Crippen LogP contribution in [0.15, 0.2) is 36.4 Å². The molecule has 0 radical (unpaired) electrons. The molecule has 1 aliphatic rings. The van der Waals surface area contributed by atoms with Crippen LogP contribution in [0.3, 0.4) is 0 Å². The molecule has 0 amide bonds. The van der Waals surface area contributed by atoms with E-state index in [-0.39, 0.29) is 0 Å². The quantitative estimate of drug-likeness (QED) is 0.722. The van der Waals surface area contributed by atoms with E-state index in [1.54, 1.807) is 0 Å². The van der Waals surface area contributed by atoms with E-state index in [9.17, 15) is 0 Å². The summed E-state index contributed by atoms with van der Waals surface area (Å²) in [5, 5.41) is 3.46. The SMILES string of the molecule is Cc1nc(NCCCN(C)C)cc(N2CCC(Cc3ccccc3)CC2)n1. The Morgan fingerprint density at radius 1 is 1.11 bits per heavy atom. The average Bonchev–Trinajstić information content (AvgIpc) is 2.66. The lowest BCUT2D eigenvalue weighted by Crippen LogP contribution is -2.35. The molecule has 1 fully saturated rings. The van der Waals surface area contributed by atoms with Gasteiger partial charge in [0.1, 0.15) is 17.5 Å². The molecule has 0 saturated carbocycles. The van der Waals surface area contributed by atoms with Crippen molar-refractivity contribution < 1.29 is 0 Å². The molecule has 1 aliphatic heterocycles. The third kappa shape index (κ3) is 6.21. The lowest BCUT2D eigenvalue weighted by molar-refractivity contribution is 0.402. The highest BCUT2D eigenvalue weighted by Gasteiger charge is 2.21. The topological polar surface area (TPSA) is 44.3 Å². The van der Waals surface area contributed by atoms with Crippen molar-refractivity contribution in [2.75, 3.05) is 50.5 Å². The summed E-state index contributed by atoms with van der Waals surface area (Å²) >= 11 is 0. The molecule has 1 saturated heterocycles. The maximum Gasteiger partial charge on any atom is 0.134 e. The summed E-state index contributed by atoms with van der Waals surface area (Å²) in [6, 6.07) is 13.0. The number of nitrogens with one attached hydrogen (secondary N) is 1. The van der Waals surface area contributed by atoms with Gasteiger partial charge < -0.3 is 15.1 Å². The number of aromatic nitrogens is 2. The van der Waals surface area contributed by atoms with E-state index in [1.165, 1.54) is 24.8 Å². The van der Waals surface area contributed by atoms with Gasteiger partial charge in [-0.1, -0.05) is 30.3 Å². The highest BCUT2D eigenvalue weighted by Crippen LogP contribution is 2.26. The van der Waals surface area contributed by atoms with Crippen LogP contribution in [0.2, 0.25) is 0 Å². The molecular weight excluding hydrogens is 334 g/mol. The standard InChI is InChI=1S/C22H33N5/c1-18-24-21(23-12-7-13-26(2)3)17-22(25-18)27-14-10-20(11-15-27)16-19-8-5-4-6-9-19/h4-6,8-9,17,20H,7,10-16H2,1-3H3,(H,23,24,25). The zero-order valence-corrected chi connectivity index (χ0v) is 17.0. The minimum absolute atomic E-state index is 0.773. The molecule has 1 aromatic carbocycles. The molecule has 27 heavy (non-hydrogen) atoms. The van der Waals surface area contributed by atoms with Gasteiger partial charge in [-0.3, -0.25) is 0 Å². The third-order valence-electron chi connectivity index (χ3n) is 5.22. The van der Waals surface area contributed by atoms with Crippen molar-refractivity contribution >= 4 is 11.6 Å². The third-order valence-corrected chi connectivity index (χ3v) is 5.22. The Morgan fingerprint density at radius 3 is 2.56 bits per heavy atom. The van der Waals surface area contributed by atoms with Gasteiger partial charge in [-0.25, -0.2) is 9.97 Å². The molecule has 0 unspecified atom stereocenters. The summed E-state index contributed by atoms with van der Waals surface area (Å²) in [5.41, 5.74) is 1.46. The Hall–Kier alpha value is -2.14. The molecule has 1 N–H and O–H groups in total. The smallest absolute Gasteiger partial charge is 0.134 e. The van der Waals surface area contributed by atoms with Crippen molar-refractivity contribution in [1.82, 2.24) is 14.9 Å². The minimum atomic E-state index is 0.773. The maximum absolute atomic E-state index is 4.69. The Labute approximate surface area is 163 Å². The van der Waals surface area contributed by atoms with Crippen LogP contribution in [0.4, 0.5) is 11.6 Å². The van der Waals surface area contributed by atoms with E-state index in [0.29, 0.717) is 0 Å². The van der Waals surface area contributed by atoms with Gasteiger partial charge in [0.15, 0.2) is 0 Å². The summed E-state index contributed by atoms with van der Waals surface area (Å²) in [4.78, 5) is 13.9. The van der Waals surface area contributed by atoms with Gasteiger partial charge in [0, 0.05) is 25.7 Å². The second-order valence-corrected chi connectivity index (χ2v) is 7.86. The fourth-order valence-electron chi connectivity index (χ4n) is 3.73. The van der Waals surface area contributed by atoms with Crippen LogP contribution in [0.5, 0.6) is 0 Å². The second kappa shape index (κ2) is 9.70. The predicted molar refractivity (Wildman–Crippen MR) is 114 cm³/mol. The molecular formula is C22H33N5. The molecule has 5 nitrogen and oxygen atoms in total. The van der Waals surface area contributed by atoms with Crippen LogP contribution in [-0.2, 0) is 6.42 Å². The molecule has 5 heteroatoms. The van der Waals surface area contributed by atoms with Crippen molar-refractivity contribution in [3.05, 3.63) is 47.8 Å². The number of nitrogens with zero attached hydrogens (tertiary/aromatic N) is 4. The second-order valence-electron chi connectivity index (χ2n) is 7.86. The number of anilines is 2. The van der Waals surface area contributed by atoms with Crippen molar-refractivity contribution in [2.24, 2.45) is 5.92 Å². The summed E-state index contributed by atoms with van der Waals surface area (Å²) in [6.45, 7) is 6.16. The first-order chi connectivity index (χ1) is 13.1. The van der Waals surface area contributed by atoms with Gasteiger partial charge in [0.05, 0.1) is 0 Å². The summed E-state index contributed by atoms with van der Waals surface area (Å²) in [7, 11) is 4.21. The average molecular weight is 368 g/mol. The first-order valence-corrected chi connectivity index (χ1v) is 10.1. The molecule has 0 atom stereocenters. The van der Waals surface area contributed by atoms with Crippen LogP contribution in [0, 0.1) is 12.8 Å². The van der Waals surface area contributed by atoms with E-state index in [4.69, 9.17) is 0 Å². The van der Waals surface area contributed by atoms with E-state index in [2.05, 4.69) is 75.6 Å². The number of hydrogen-bond donors (Lipinski definition) is 1. The van der Waals surface area contributed by atoms with Crippen molar-refractivity contribution in [3.8, 4) is 0 Å². The largest absolute Gasteiger partial charge is 0.370 e. The van der Waals surface area contributed by atoms with Crippen molar-refractivity contribution in [1.29, 1.82) is 0 Å². The van der Waals surface area contributed by atoms with Crippen LogP contribution < -0.4 is 10.2 Å². The molecule has 2 aromatic rings. The molecule has 3 rings (SSSR count). The number of rotatable bonds is 8. The van der Waals surface area contributed by atoms with E-state index in [0.717, 1.165) is 56.0 Å². The zero-order valence-electron chi connectivity index (χ0n) is 17.0. The first kappa shape index (κ1) is 19.6. The normalized spacial score (nSPS) is 15.3. The maximum atomic E-state index is 4.69. The van der Waals surface area contributed by atoms with Crippen LogP contribution >= 0.6 is 0 Å². The Morgan fingerprint density at radius 2 is 1.85 bits per heavy atom. The number of piperidine rings is 1. The van der Waals surface area contributed by atoms with E-state index >= 15 is 0 Å². The molecule has 1 aromatic heterocycles. The van der Waals surface area contributed by atoms with Gasteiger partial charge in [-0.2, -0.15) is 0 Å². The van der Waals surface area contributed by atoms with Crippen molar-refractivity contribution in [2.45, 2.75) is 32.6 Å². The van der Waals surface area contributed by atoms with Crippen LogP contribution in [0.25, 0.3) is 0 Å². The highest BCUT2D eigenvalue weighted by atomic mass is 15.2. The van der Waals surface area contributed by atoms with Gasteiger partial charge >= 0.3 is 0 Å². The summed E-state index contributed by atoms with van der Waals surface area (Å²) in [5.74, 6) is 3.63. The fraction of sp³-hybridized carbons (Fsp3) is 0.545. The van der Waals surface area contributed by atoms with Crippen LogP contribution in [-0.4, -0.2) is 55.1 Å². The zero-order chi connectivity index (χ0) is 19.1. The first-order valence-electron chi connectivity index (χ1n) is 10.1. The summed E-state index contributed by atoms with van der Waals surface area (Å²) in [6.07, 6.45) is 4.75. The van der Waals surface area contributed by atoms with E-state index < -0.39 is 0 Å². The number of hydrogen-bond acceptors (Lipinski definition) is 5. The van der Waals surface area contributed by atoms with Gasteiger partial charge in [0.2, 0.25) is 0 Å². The number of aryl methyl sites for hydroxylation is 1. The van der Waals surface area contributed by atoms with Crippen molar-refractivity contribution in [3.63, 3.8) is 0 Å². The predicted octanol–water partition coefficient (Wildman–Crippen LogP) is 3.61. The van der Waals surface area contributed by atoms with E-state index in [1.807, 2.05) is 6.92 Å². The Kier molecular flexibility index (Phi) is 7.04. The van der Waals surface area contributed by atoms with Gasteiger partial charge in [0.25, 0.3) is 0 Å². The number of benzene rings is 1. The van der Waals surface area contributed by atoms with Crippen LogP contribution in [0.1, 0.15) is 30.7 Å². The van der Waals surface area contributed by atoms with Gasteiger partial charge in [-0.05, 0) is 64.7 Å². The van der Waals surface area contributed by atoms with Gasteiger partial charge in [-0.15, -0.1) is 0 Å². The lowest BCUT2D eigenvalue weighted by Gasteiger charge is -2.33. The Balaban J connectivity index is 1.52. The molecule has 2 heterocycles. The monoisotopic (exact) mass is 367 g/mol. The molecule has 146 valence electrons. The molecule has 0 aliphatic carbocycles. The lowest BCUT2D eigenvalue weighted by atomic mass is 9.90. The fourth-order valence-corrected chi connectivity index (χ4v) is 3.73.